The van der Waals surface area contributed by atoms with Crippen LogP contribution in [0.4, 0.5) is 9.59 Å². The highest BCUT2D eigenvalue weighted by atomic mass is 28.1. The topological polar surface area (TPSA) is 64.7 Å². The maximum atomic E-state index is 11.5. The molecule has 0 aliphatic carbocycles. The van der Waals surface area contributed by atoms with Crippen LogP contribution in [0.2, 0.25) is 0 Å². The lowest BCUT2D eigenvalue weighted by molar-refractivity contribution is 0.152. The van der Waals surface area contributed by atoms with E-state index in [-0.39, 0.29) is 17.9 Å². The molecule has 7 heteroatoms. The van der Waals surface area contributed by atoms with Gasteiger partial charge in [-0.15, -0.1) is 0 Å². The van der Waals surface area contributed by atoms with Gasteiger partial charge in [-0.2, -0.15) is 0 Å². The van der Waals surface area contributed by atoms with Crippen molar-refractivity contribution in [3.63, 3.8) is 0 Å². The van der Waals surface area contributed by atoms with E-state index in [0.29, 0.717) is 23.3 Å². The standard InChI is InChI=1S/C9H22N4O2Si/c1-5-10-7(14)12(3)9(16)13(4)8(15)11-6-2/h9H,5-6H2,1-4,16H3,(H,10,14)(H,11,15). The maximum absolute atomic E-state index is 11.5. The Labute approximate surface area is 99.8 Å². The minimum Gasteiger partial charge on any atom is -0.338 e. The lowest BCUT2D eigenvalue weighted by Crippen LogP contribution is -2.55. The molecule has 0 aromatic carbocycles. The van der Waals surface area contributed by atoms with Crippen molar-refractivity contribution in [1.82, 2.24) is 20.4 Å². The summed E-state index contributed by atoms with van der Waals surface area (Å²) in [6, 6.07) is -0.308. The molecule has 0 heterocycles. The molecule has 0 bridgehead atoms. The molecule has 0 saturated heterocycles. The molecule has 94 valence electrons. The van der Waals surface area contributed by atoms with Gasteiger partial charge in [0.25, 0.3) is 0 Å². The van der Waals surface area contributed by atoms with E-state index in [1.807, 2.05) is 13.8 Å². The molecule has 0 aliphatic heterocycles. The fraction of sp³-hybridized carbons (Fsp3) is 0.778. The van der Waals surface area contributed by atoms with Crippen molar-refractivity contribution in [1.29, 1.82) is 0 Å². The third kappa shape index (κ3) is 4.09. The van der Waals surface area contributed by atoms with Crippen LogP contribution in [0.25, 0.3) is 0 Å². The summed E-state index contributed by atoms with van der Waals surface area (Å²) in [4.78, 5) is 26.2. The summed E-state index contributed by atoms with van der Waals surface area (Å²) < 4.78 is 0. The first kappa shape index (κ1) is 14.8. The fourth-order valence-corrected chi connectivity index (χ4v) is 1.62. The number of amides is 4. The van der Waals surface area contributed by atoms with Gasteiger partial charge in [0.15, 0.2) is 0 Å². The minimum absolute atomic E-state index is 0.154. The molecular formula is C9H22N4O2Si. The first-order valence-corrected chi connectivity index (χ1v) is 6.62. The van der Waals surface area contributed by atoms with Gasteiger partial charge in [-0.1, -0.05) is 0 Å². The van der Waals surface area contributed by atoms with Gasteiger partial charge < -0.3 is 20.4 Å². The third-order valence-corrected chi connectivity index (χ3v) is 3.97. The molecule has 16 heavy (non-hydrogen) atoms. The molecule has 0 radical (unpaired) electrons. The largest absolute Gasteiger partial charge is 0.338 e. The molecule has 2 N–H and O–H groups in total. The van der Waals surface area contributed by atoms with E-state index in [1.165, 1.54) is 0 Å². The predicted molar refractivity (Wildman–Crippen MR) is 67.4 cm³/mol. The summed E-state index contributed by atoms with van der Waals surface area (Å²) in [6.07, 6.45) is 0. The Morgan fingerprint density at radius 3 is 1.62 bits per heavy atom. The molecule has 0 spiro atoms. The minimum atomic E-state index is -0.155. The summed E-state index contributed by atoms with van der Waals surface area (Å²) in [6.45, 7) is 4.90. The summed E-state index contributed by atoms with van der Waals surface area (Å²) in [5.74, 6) is -0.155. The average Bonchev–Trinajstić information content (AvgIpc) is 2.26. The Balaban J connectivity index is 4.36. The predicted octanol–water partition coefficient (Wildman–Crippen LogP) is -1.04. The van der Waals surface area contributed by atoms with Gasteiger partial charge >= 0.3 is 12.1 Å². The molecule has 0 aromatic heterocycles. The first-order chi connectivity index (χ1) is 7.45. The molecule has 0 atom stereocenters. The fourth-order valence-electron chi connectivity index (χ4n) is 1.15. The summed E-state index contributed by atoms with van der Waals surface area (Å²) >= 11 is 0. The van der Waals surface area contributed by atoms with E-state index in [9.17, 15) is 9.59 Å². The Morgan fingerprint density at radius 1 is 1.06 bits per heavy atom. The molecule has 6 nitrogen and oxygen atoms in total. The molecular weight excluding hydrogens is 224 g/mol. The van der Waals surface area contributed by atoms with Gasteiger partial charge in [-0.25, -0.2) is 9.59 Å². The second-order valence-electron chi connectivity index (χ2n) is 3.52. The molecule has 0 unspecified atom stereocenters. The van der Waals surface area contributed by atoms with Crippen LogP contribution in [0.3, 0.4) is 0 Å². The van der Waals surface area contributed by atoms with Gasteiger partial charge in [0, 0.05) is 27.2 Å². The normalized spacial score (nSPS) is 10.1. The van der Waals surface area contributed by atoms with Crippen molar-refractivity contribution < 1.29 is 9.59 Å². The molecule has 0 rings (SSSR count). The Hall–Kier alpha value is -1.24. The Morgan fingerprint density at radius 2 is 1.38 bits per heavy atom. The number of nitrogens with zero attached hydrogens (tertiary/aromatic N) is 2. The number of hydrogen-bond acceptors (Lipinski definition) is 2. The molecule has 0 aliphatic rings. The maximum Gasteiger partial charge on any atom is 0.318 e. The Bertz CT molecular complexity index is 226. The second-order valence-corrected chi connectivity index (χ2v) is 4.56. The van der Waals surface area contributed by atoms with Crippen molar-refractivity contribution >= 4 is 22.3 Å². The molecule has 0 fully saturated rings. The quantitative estimate of drug-likeness (QED) is 0.491. The number of nitrogens with one attached hydrogen (secondary N) is 2. The first-order valence-electron chi connectivity index (χ1n) is 5.46. The van der Waals surface area contributed by atoms with Gasteiger partial charge in [0.1, 0.15) is 0 Å². The van der Waals surface area contributed by atoms with Crippen molar-refractivity contribution in [3.8, 4) is 0 Å². The summed E-state index contributed by atoms with van der Waals surface area (Å²) in [5.41, 5.74) is 0. The summed E-state index contributed by atoms with van der Waals surface area (Å²) in [5, 5.41) is 5.41. The second kappa shape index (κ2) is 7.10. The van der Waals surface area contributed by atoms with Crippen molar-refractivity contribution in [2.45, 2.75) is 19.6 Å². The van der Waals surface area contributed by atoms with Crippen molar-refractivity contribution in [2.24, 2.45) is 0 Å². The third-order valence-electron chi connectivity index (χ3n) is 2.42. The number of carbonyl (C=O) groups excluding carboxylic acids is 2. The number of rotatable bonds is 4. The van der Waals surface area contributed by atoms with Crippen LogP contribution in [0, 0.1) is 0 Å². The van der Waals surface area contributed by atoms with Crippen LogP contribution in [-0.4, -0.2) is 65.1 Å². The van der Waals surface area contributed by atoms with Gasteiger partial charge in [0.05, 0.1) is 16.0 Å². The van der Waals surface area contributed by atoms with Crippen LogP contribution in [0.5, 0.6) is 0 Å². The number of urea groups is 2. The molecule has 0 aromatic rings. The smallest absolute Gasteiger partial charge is 0.318 e. The average molecular weight is 246 g/mol. The highest BCUT2D eigenvalue weighted by molar-refractivity contribution is 6.13. The lowest BCUT2D eigenvalue weighted by Gasteiger charge is -2.32. The lowest BCUT2D eigenvalue weighted by atomic mass is 10.6. The van der Waals surface area contributed by atoms with Crippen LogP contribution in [-0.2, 0) is 0 Å². The van der Waals surface area contributed by atoms with Gasteiger partial charge in [-0.05, 0) is 13.8 Å². The van der Waals surface area contributed by atoms with Crippen LogP contribution in [0.15, 0.2) is 0 Å². The van der Waals surface area contributed by atoms with Crippen molar-refractivity contribution in [2.75, 3.05) is 27.2 Å². The monoisotopic (exact) mass is 246 g/mol. The van der Waals surface area contributed by atoms with E-state index in [2.05, 4.69) is 10.6 Å². The zero-order chi connectivity index (χ0) is 12.7. The zero-order valence-electron chi connectivity index (χ0n) is 10.7. The van der Waals surface area contributed by atoms with Gasteiger partial charge in [0.2, 0.25) is 0 Å². The van der Waals surface area contributed by atoms with Gasteiger partial charge in [-0.3, -0.25) is 0 Å². The molecule has 4 amide bonds. The Kier molecular flexibility index (Phi) is 6.55. The van der Waals surface area contributed by atoms with Crippen molar-refractivity contribution in [3.05, 3.63) is 0 Å². The number of carbonyl (C=O) groups is 2. The molecule has 0 saturated carbocycles. The SMILES string of the molecule is CCNC(=O)N(C)C([SiH3])N(C)C(=O)NCC. The highest BCUT2D eigenvalue weighted by Crippen LogP contribution is 1.98. The zero-order valence-corrected chi connectivity index (χ0v) is 12.7. The van der Waals surface area contributed by atoms with E-state index >= 15 is 0 Å². The number of hydrogen-bond donors (Lipinski definition) is 2. The van der Waals surface area contributed by atoms with E-state index in [1.54, 1.807) is 23.9 Å². The summed E-state index contributed by atoms with van der Waals surface area (Å²) in [7, 11) is 4.08. The van der Waals surface area contributed by atoms with E-state index in [4.69, 9.17) is 0 Å². The van der Waals surface area contributed by atoms with E-state index < -0.39 is 0 Å². The van der Waals surface area contributed by atoms with Crippen LogP contribution in [0.1, 0.15) is 13.8 Å². The van der Waals surface area contributed by atoms with Crippen LogP contribution < -0.4 is 10.6 Å². The van der Waals surface area contributed by atoms with E-state index in [0.717, 1.165) is 0 Å². The highest BCUT2D eigenvalue weighted by Gasteiger charge is 2.21. The van der Waals surface area contributed by atoms with Crippen LogP contribution >= 0.6 is 0 Å².